The van der Waals surface area contributed by atoms with Gasteiger partial charge < -0.3 is 14.2 Å². The predicted octanol–water partition coefficient (Wildman–Crippen LogP) is 4.94. The van der Waals surface area contributed by atoms with Crippen LogP contribution >= 0.6 is 0 Å². The van der Waals surface area contributed by atoms with Gasteiger partial charge in [0.05, 0.1) is 11.1 Å². The van der Waals surface area contributed by atoms with Gasteiger partial charge in [-0.1, -0.05) is 60.7 Å². The molecule has 0 bridgehead atoms. The van der Waals surface area contributed by atoms with E-state index in [0.717, 1.165) is 16.2 Å². The van der Waals surface area contributed by atoms with E-state index >= 15 is 0 Å². The minimum Gasteiger partial charge on any atom is -0.458 e. The molecule has 0 saturated carbocycles. The van der Waals surface area contributed by atoms with Gasteiger partial charge in [0, 0.05) is 0 Å². The van der Waals surface area contributed by atoms with Crippen molar-refractivity contribution in [2.75, 3.05) is 6.61 Å². The van der Waals surface area contributed by atoms with Crippen molar-refractivity contribution in [2.24, 2.45) is 0 Å². The summed E-state index contributed by atoms with van der Waals surface area (Å²) in [5.41, 5.74) is 0.232. The average molecular weight is 476 g/mol. The SMILES string of the molecule is O=C(OCC1OC(=O)C(F)(F)C1OC(=O)c1ccc2ccccc2c1)c1ccc2ccccc2c1. The Bertz CT molecular complexity index is 1460. The van der Waals surface area contributed by atoms with E-state index in [1.54, 1.807) is 30.3 Å². The number of rotatable bonds is 5. The second-order valence-electron chi connectivity index (χ2n) is 8.11. The van der Waals surface area contributed by atoms with Gasteiger partial charge in [-0.2, -0.15) is 8.78 Å². The van der Waals surface area contributed by atoms with E-state index in [2.05, 4.69) is 0 Å². The molecule has 8 heteroatoms. The molecule has 0 spiro atoms. The van der Waals surface area contributed by atoms with Crippen molar-refractivity contribution in [3.8, 4) is 0 Å². The summed E-state index contributed by atoms with van der Waals surface area (Å²) in [5, 5.41) is 3.28. The van der Waals surface area contributed by atoms with Crippen molar-refractivity contribution in [3.05, 3.63) is 96.1 Å². The molecule has 0 aliphatic carbocycles. The molecule has 0 amide bonds. The molecule has 1 aliphatic heterocycles. The van der Waals surface area contributed by atoms with Gasteiger partial charge in [-0.3, -0.25) is 0 Å². The molecular formula is C27H18F2O6. The minimum atomic E-state index is -4.09. The number of benzene rings is 4. The van der Waals surface area contributed by atoms with Crippen molar-refractivity contribution < 1.29 is 37.4 Å². The maximum atomic E-state index is 14.5. The number of hydrogen-bond acceptors (Lipinski definition) is 6. The van der Waals surface area contributed by atoms with E-state index in [0.29, 0.717) is 5.39 Å². The number of cyclic esters (lactones) is 1. The fraction of sp³-hybridized carbons (Fsp3) is 0.148. The second kappa shape index (κ2) is 8.79. The van der Waals surface area contributed by atoms with E-state index in [9.17, 15) is 23.2 Å². The zero-order valence-electron chi connectivity index (χ0n) is 18.2. The van der Waals surface area contributed by atoms with Gasteiger partial charge >= 0.3 is 23.8 Å². The van der Waals surface area contributed by atoms with Crippen LogP contribution in [0.5, 0.6) is 0 Å². The molecule has 6 nitrogen and oxygen atoms in total. The number of carbonyl (C=O) groups excluding carboxylic acids is 3. The number of halogens is 2. The highest BCUT2D eigenvalue weighted by molar-refractivity contribution is 5.96. The molecule has 1 fully saturated rings. The van der Waals surface area contributed by atoms with Gasteiger partial charge in [-0.25, -0.2) is 14.4 Å². The zero-order chi connectivity index (χ0) is 24.6. The monoisotopic (exact) mass is 476 g/mol. The smallest absolute Gasteiger partial charge is 0.382 e. The van der Waals surface area contributed by atoms with Crippen LogP contribution in [0.15, 0.2) is 84.9 Å². The third-order valence-corrected chi connectivity index (χ3v) is 5.81. The number of alkyl halides is 2. The maximum Gasteiger partial charge on any atom is 0.382 e. The zero-order valence-corrected chi connectivity index (χ0v) is 18.2. The summed E-state index contributed by atoms with van der Waals surface area (Å²) in [6.45, 7) is -0.706. The fourth-order valence-corrected chi connectivity index (χ4v) is 3.96. The first kappa shape index (κ1) is 22.5. The lowest BCUT2D eigenvalue weighted by atomic mass is 10.1. The molecule has 176 valence electrons. The molecule has 4 aromatic rings. The van der Waals surface area contributed by atoms with Crippen molar-refractivity contribution in [1.29, 1.82) is 0 Å². The van der Waals surface area contributed by atoms with Crippen molar-refractivity contribution in [2.45, 2.75) is 18.1 Å². The van der Waals surface area contributed by atoms with Gasteiger partial charge in [0.2, 0.25) is 6.10 Å². The Balaban J connectivity index is 1.31. The lowest BCUT2D eigenvalue weighted by Crippen LogP contribution is -2.43. The van der Waals surface area contributed by atoms with Crippen LogP contribution in [0, 0.1) is 0 Å². The average Bonchev–Trinajstić information content (AvgIpc) is 3.09. The number of esters is 3. The van der Waals surface area contributed by atoms with Crippen molar-refractivity contribution in [1.82, 2.24) is 0 Å². The summed E-state index contributed by atoms with van der Waals surface area (Å²) in [7, 11) is 0. The summed E-state index contributed by atoms with van der Waals surface area (Å²) >= 11 is 0. The molecule has 4 aromatic carbocycles. The molecule has 35 heavy (non-hydrogen) atoms. The van der Waals surface area contributed by atoms with E-state index < -0.39 is 42.6 Å². The summed E-state index contributed by atoms with van der Waals surface area (Å²) < 4.78 is 43.9. The lowest BCUT2D eigenvalue weighted by Gasteiger charge is -2.20. The fourth-order valence-electron chi connectivity index (χ4n) is 3.96. The van der Waals surface area contributed by atoms with Gasteiger partial charge in [0.1, 0.15) is 6.61 Å². The van der Waals surface area contributed by atoms with Crippen LogP contribution in [-0.2, 0) is 19.0 Å². The molecule has 0 aromatic heterocycles. The van der Waals surface area contributed by atoms with Crippen LogP contribution in [0.2, 0.25) is 0 Å². The van der Waals surface area contributed by atoms with Gasteiger partial charge in [-0.05, 0) is 45.8 Å². The number of fused-ring (bicyclic) bond motifs is 2. The highest BCUT2D eigenvalue weighted by atomic mass is 19.3. The largest absolute Gasteiger partial charge is 0.458 e. The molecule has 1 aliphatic rings. The Morgan fingerprint density at radius 3 is 1.86 bits per heavy atom. The lowest BCUT2D eigenvalue weighted by molar-refractivity contribution is -0.163. The topological polar surface area (TPSA) is 78.9 Å². The van der Waals surface area contributed by atoms with Crippen LogP contribution in [0.3, 0.4) is 0 Å². The third kappa shape index (κ3) is 4.30. The van der Waals surface area contributed by atoms with Crippen LogP contribution in [0.25, 0.3) is 21.5 Å². The van der Waals surface area contributed by atoms with Gasteiger partial charge in [0.25, 0.3) is 0 Å². The Hall–Kier alpha value is -4.33. The van der Waals surface area contributed by atoms with E-state index in [-0.39, 0.29) is 11.1 Å². The minimum absolute atomic E-state index is 0.0331. The van der Waals surface area contributed by atoms with E-state index in [1.165, 1.54) is 18.2 Å². The highest BCUT2D eigenvalue weighted by Crippen LogP contribution is 2.35. The second-order valence-corrected chi connectivity index (χ2v) is 8.11. The normalized spacial score (nSPS) is 18.9. The molecule has 5 rings (SSSR count). The first-order chi connectivity index (χ1) is 16.8. The molecule has 0 radical (unpaired) electrons. The molecule has 2 unspecified atom stereocenters. The first-order valence-corrected chi connectivity index (χ1v) is 10.8. The van der Waals surface area contributed by atoms with E-state index in [4.69, 9.17) is 14.2 Å². The molecule has 0 N–H and O–H groups in total. The van der Waals surface area contributed by atoms with Gasteiger partial charge in [-0.15, -0.1) is 0 Å². The summed E-state index contributed by atoms with van der Waals surface area (Å²) in [6.07, 6.45) is -3.91. The molecule has 1 saturated heterocycles. The van der Waals surface area contributed by atoms with Crippen LogP contribution in [0.1, 0.15) is 20.7 Å². The van der Waals surface area contributed by atoms with Crippen LogP contribution in [0.4, 0.5) is 8.78 Å². The summed E-state index contributed by atoms with van der Waals surface area (Å²) in [4.78, 5) is 36.9. The Labute approximate surface area is 198 Å². The summed E-state index contributed by atoms with van der Waals surface area (Å²) in [6, 6.07) is 24.0. The Morgan fingerprint density at radius 1 is 0.771 bits per heavy atom. The number of ether oxygens (including phenoxy) is 3. The first-order valence-electron chi connectivity index (χ1n) is 10.8. The molecule has 1 heterocycles. The van der Waals surface area contributed by atoms with Crippen molar-refractivity contribution >= 4 is 39.5 Å². The third-order valence-electron chi connectivity index (χ3n) is 5.81. The highest BCUT2D eigenvalue weighted by Gasteiger charge is 2.63. The number of hydrogen-bond donors (Lipinski definition) is 0. The Morgan fingerprint density at radius 2 is 1.29 bits per heavy atom. The van der Waals surface area contributed by atoms with Crippen LogP contribution in [-0.4, -0.2) is 42.6 Å². The maximum absolute atomic E-state index is 14.5. The molecule has 2 atom stereocenters. The van der Waals surface area contributed by atoms with E-state index in [1.807, 2.05) is 36.4 Å². The standard InChI is InChI=1S/C27H18F2O6/c28-27(29)23(35-25(31)21-12-10-17-6-2-4-8-19(17)14-21)22(34-26(27)32)15-33-24(30)20-11-9-16-5-1-3-7-18(16)13-20/h1-14,22-23H,15H2. The van der Waals surface area contributed by atoms with Crippen molar-refractivity contribution in [3.63, 3.8) is 0 Å². The number of carbonyl (C=O) groups is 3. The van der Waals surface area contributed by atoms with Crippen LogP contribution < -0.4 is 0 Å². The predicted molar refractivity (Wildman–Crippen MR) is 122 cm³/mol. The van der Waals surface area contributed by atoms with Gasteiger partial charge in [0.15, 0.2) is 6.10 Å². The molecular weight excluding hydrogens is 458 g/mol. The quantitative estimate of drug-likeness (QED) is 0.300. The Kier molecular flexibility index (Phi) is 5.64. The summed E-state index contributed by atoms with van der Waals surface area (Å²) in [5.74, 6) is -7.78.